The van der Waals surface area contributed by atoms with E-state index in [2.05, 4.69) is 4.74 Å². The van der Waals surface area contributed by atoms with Crippen LogP contribution in [0.5, 0.6) is 0 Å². The van der Waals surface area contributed by atoms with Gasteiger partial charge in [0.05, 0.1) is 6.61 Å². The Bertz CT molecular complexity index is 93.8. The topological polar surface area (TPSA) is 81.6 Å². The van der Waals surface area contributed by atoms with Gasteiger partial charge >= 0.3 is 6.09 Å². The first-order valence-electron chi connectivity index (χ1n) is 2.64. The first kappa shape index (κ1) is 8.19. The first-order chi connectivity index (χ1) is 4.18. The van der Waals surface area contributed by atoms with E-state index in [4.69, 9.17) is 11.7 Å². The van der Waals surface area contributed by atoms with Gasteiger partial charge in [0.15, 0.2) is 0 Å². The lowest BCUT2D eigenvalue weighted by molar-refractivity contribution is 0.103. The van der Waals surface area contributed by atoms with E-state index in [1.165, 1.54) is 0 Å². The third-order valence-corrected chi connectivity index (χ3v) is 0.640. The molecule has 0 atom stereocenters. The summed E-state index contributed by atoms with van der Waals surface area (Å²) >= 11 is 0. The maximum Gasteiger partial charge on any atom is 0.439 e. The van der Waals surface area contributed by atoms with Gasteiger partial charge in [0.25, 0.3) is 0 Å². The Labute approximate surface area is 53.5 Å². The number of carbonyl (C=O) groups is 1. The van der Waals surface area contributed by atoms with Crippen molar-refractivity contribution in [3.63, 3.8) is 0 Å². The fourth-order valence-electron chi connectivity index (χ4n) is 0.264. The molecule has 9 heavy (non-hydrogen) atoms. The molecule has 0 aliphatic heterocycles. The minimum absolute atomic E-state index is 0.351. The van der Waals surface area contributed by atoms with Crippen LogP contribution in [0.4, 0.5) is 4.79 Å². The number of nitrogens with zero attached hydrogens (tertiary/aromatic N) is 1. The Kier molecular flexibility index (Phi) is 3.74. The average Bonchev–Trinajstić information content (AvgIpc) is 1.82. The molecule has 0 fully saturated rings. The maximum atomic E-state index is 10.4. The highest BCUT2D eigenvalue weighted by atomic mass is 16.6. The molecule has 0 spiro atoms. The second-order valence-electron chi connectivity index (χ2n) is 1.52. The predicted octanol–water partition coefficient (Wildman–Crippen LogP) is -0.418. The van der Waals surface area contributed by atoms with Crippen molar-refractivity contribution in [2.24, 2.45) is 11.7 Å². The zero-order valence-corrected chi connectivity index (χ0v) is 5.33. The second kappa shape index (κ2) is 4.11. The standard InChI is InChI=1S/C4H11N3O2/c1-2-3-9-4(8)7(5)6/h2-3,5-6H2,1H3. The highest BCUT2D eigenvalue weighted by Crippen LogP contribution is 1.82. The molecule has 5 nitrogen and oxygen atoms in total. The van der Waals surface area contributed by atoms with Gasteiger partial charge in [0, 0.05) is 0 Å². The van der Waals surface area contributed by atoms with Gasteiger partial charge in [-0.15, -0.1) is 0 Å². The molecule has 54 valence electrons. The Balaban J connectivity index is 3.28. The molecule has 4 N–H and O–H groups in total. The molecule has 0 radical (unpaired) electrons. The van der Waals surface area contributed by atoms with E-state index in [0.29, 0.717) is 11.7 Å². The summed E-state index contributed by atoms with van der Waals surface area (Å²) in [5.74, 6) is 9.63. The highest BCUT2D eigenvalue weighted by Gasteiger charge is 2.02. The second-order valence-corrected chi connectivity index (χ2v) is 1.52. The largest absolute Gasteiger partial charge is 0.448 e. The summed E-state index contributed by atoms with van der Waals surface area (Å²) in [5, 5.41) is 0.412. The lowest BCUT2D eigenvalue weighted by Crippen LogP contribution is -2.43. The molecule has 0 rings (SSSR count). The fraction of sp³-hybridized carbons (Fsp3) is 0.750. The monoisotopic (exact) mass is 133 g/mol. The summed E-state index contributed by atoms with van der Waals surface area (Å²) < 4.78 is 4.49. The Hall–Kier alpha value is -0.810. The molecule has 0 unspecified atom stereocenters. The number of rotatable bonds is 2. The van der Waals surface area contributed by atoms with Crippen LogP contribution in [0.15, 0.2) is 0 Å². The maximum absolute atomic E-state index is 10.4. The van der Waals surface area contributed by atoms with Crippen molar-refractivity contribution in [2.45, 2.75) is 13.3 Å². The zero-order valence-electron chi connectivity index (χ0n) is 5.33. The number of ether oxygens (including phenoxy) is 1. The molecule has 0 aliphatic carbocycles. The number of nitrogens with two attached hydrogens (primary N) is 2. The van der Waals surface area contributed by atoms with Crippen LogP contribution in [-0.2, 0) is 4.74 Å². The van der Waals surface area contributed by atoms with Crippen molar-refractivity contribution in [3.8, 4) is 0 Å². The lowest BCUT2D eigenvalue weighted by Gasteiger charge is -2.08. The average molecular weight is 133 g/mol. The molecule has 0 saturated heterocycles. The number of hydrogen-bond donors (Lipinski definition) is 2. The van der Waals surface area contributed by atoms with E-state index in [-0.39, 0.29) is 0 Å². The number of hydrogen-bond acceptors (Lipinski definition) is 4. The van der Waals surface area contributed by atoms with Gasteiger partial charge in [0.1, 0.15) is 0 Å². The molecular formula is C4H11N3O2. The van der Waals surface area contributed by atoms with E-state index in [1.807, 2.05) is 6.92 Å². The summed E-state index contributed by atoms with van der Waals surface area (Å²) in [6.45, 7) is 2.23. The quantitative estimate of drug-likeness (QED) is 0.304. The molecule has 0 heterocycles. The van der Waals surface area contributed by atoms with E-state index < -0.39 is 6.09 Å². The third-order valence-electron chi connectivity index (χ3n) is 0.640. The molecule has 0 aromatic heterocycles. The van der Waals surface area contributed by atoms with E-state index in [0.717, 1.165) is 6.42 Å². The molecule has 5 heteroatoms. The van der Waals surface area contributed by atoms with E-state index >= 15 is 0 Å². The SMILES string of the molecule is CCCOC(=O)N(N)N. The Morgan fingerprint density at radius 1 is 1.67 bits per heavy atom. The minimum Gasteiger partial charge on any atom is -0.448 e. The van der Waals surface area contributed by atoms with Crippen LogP contribution in [-0.4, -0.2) is 17.8 Å². The van der Waals surface area contributed by atoms with Crippen LogP contribution in [0.2, 0.25) is 0 Å². The molecular weight excluding hydrogens is 122 g/mol. The number of amides is 1. The van der Waals surface area contributed by atoms with Crippen LogP contribution in [0, 0.1) is 0 Å². The van der Waals surface area contributed by atoms with Crippen molar-refractivity contribution in [3.05, 3.63) is 0 Å². The normalized spacial score (nSPS) is 8.78. The van der Waals surface area contributed by atoms with Gasteiger partial charge in [-0.05, 0) is 6.42 Å². The van der Waals surface area contributed by atoms with Crippen LogP contribution in [0.3, 0.4) is 0 Å². The molecule has 0 saturated carbocycles. The fourth-order valence-corrected chi connectivity index (χ4v) is 0.264. The van der Waals surface area contributed by atoms with Gasteiger partial charge in [-0.25, -0.2) is 16.5 Å². The summed E-state index contributed by atoms with van der Waals surface area (Å²) in [4.78, 5) is 10.4. The third kappa shape index (κ3) is 3.75. The lowest BCUT2D eigenvalue weighted by atomic mass is 10.5. The summed E-state index contributed by atoms with van der Waals surface area (Å²) in [6, 6.07) is 0. The summed E-state index contributed by atoms with van der Waals surface area (Å²) in [7, 11) is 0. The van der Waals surface area contributed by atoms with Gasteiger partial charge in [-0.3, -0.25) is 0 Å². The minimum atomic E-state index is -0.711. The van der Waals surface area contributed by atoms with E-state index in [1.54, 1.807) is 0 Å². The summed E-state index contributed by atoms with van der Waals surface area (Å²) in [5.41, 5.74) is 0. The number of hydrazine groups is 2. The van der Waals surface area contributed by atoms with Crippen molar-refractivity contribution >= 4 is 6.09 Å². The van der Waals surface area contributed by atoms with Crippen molar-refractivity contribution < 1.29 is 9.53 Å². The Morgan fingerprint density at radius 2 is 2.22 bits per heavy atom. The van der Waals surface area contributed by atoms with Crippen LogP contribution in [0.1, 0.15) is 13.3 Å². The van der Waals surface area contributed by atoms with Crippen LogP contribution in [0.25, 0.3) is 0 Å². The predicted molar refractivity (Wildman–Crippen MR) is 31.9 cm³/mol. The first-order valence-corrected chi connectivity index (χ1v) is 2.64. The highest BCUT2D eigenvalue weighted by molar-refractivity contribution is 5.65. The summed E-state index contributed by atoms with van der Waals surface area (Å²) in [6.07, 6.45) is 0.0522. The molecule has 0 aliphatic rings. The molecule has 0 aromatic rings. The van der Waals surface area contributed by atoms with E-state index in [9.17, 15) is 4.79 Å². The van der Waals surface area contributed by atoms with Crippen LogP contribution < -0.4 is 11.7 Å². The van der Waals surface area contributed by atoms with Gasteiger partial charge in [-0.1, -0.05) is 6.92 Å². The van der Waals surface area contributed by atoms with Gasteiger partial charge < -0.3 is 4.74 Å². The van der Waals surface area contributed by atoms with Crippen molar-refractivity contribution in [1.82, 2.24) is 5.12 Å². The van der Waals surface area contributed by atoms with Crippen molar-refractivity contribution in [1.29, 1.82) is 0 Å². The van der Waals surface area contributed by atoms with Gasteiger partial charge in [0.2, 0.25) is 0 Å². The smallest absolute Gasteiger partial charge is 0.439 e. The van der Waals surface area contributed by atoms with Crippen molar-refractivity contribution in [2.75, 3.05) is 6.61 Å². The molecule has 1 amide bonds. The molecule has 0 aromatic carbocycles. The zero-order chi connectivity index (χ0) is 7.28. The molecule has 0 bridgehead atoms. The van der Waals surface area contributed by atoms with Gasteiger partial charge in [-0.2, -0.15) is 5.12 Å². The Morgan fingerprint density at radius 3 is 2.56 bits per heavy atom. The van der Waals surface area contributed by atoms with Crippen LogP contribution >= 0.6 is 0 Å². The number of carbonyl (C=O) groups excluding carboxylic acids is 1.